The van der Waals surface area contributed by atoms with E-state index >= 15 is 0 Å². The van der Waals surface area contributed by atoms with Crippen LogP contribution < -0.4 is 10.1 Å². The Kier molecular flexibility index (Phi) is 7.46. The van der Waals surface area contributed by atoms with E-state index in [9.17, 15) is 9.59 Å². The lowest BCUT2D eigenvalue weighted by Crippen LogP contribution is -2.43. The lowest BCUT2D eigenvalue weighted by atomic mass is 10.1. The molecule has 30 heavy (non-hydrogen) atoms. The van der Waals surface area contributed by atoms with E-state index in [2.05, 4.69) is 5.32 Å². The molecule has 0 saturated carbocycles. The highest BCUT2D eigenvalue weighted by Crippen LogP contribution is 2.21. The number of carbonyl (C=O) groups is 2. The summed E-state index contributed by atoms with van der Waals surface area (Å²) >= 11 is 0. The van der Waals surface area contributed by atoms with Gasteiger partial charge < -0.3 is 19.7 Å². The summed E-state index contributed by atoms with van der Waals surface area (Å²) in [5, 5.41) is 2.95. The normalized spacial score (nSPS) is 15.6. The Hall–Kier alpha value is -2.86. The molecule has 0 aromatic heterocycles. The van der Waals surface area contributed by atoms with Crippen molar-refractivity contribution in [2.45, 2.75) is 39.2 Å². The van der Waals surface area contributed by atoms with Crippen molar-refractivity contribution < 1.29 is 19.1 Å². The molecule has 0 radical (unpaired) electrons. The molecule has 1 N–H and O–H groups in total. The van der Waals surface area contributed by atoms with Crippen LogP contribution in [0.25, 0.3) is 0 Å². The Bertz CT molecular complexity index is 891. The zero-order valence-electron chi connectivity index (χ0n) is 17.9. The van der Waals surface area contributed by atoms with Crippen LogP contribution in [0.4, 0.5) is 5.69 Å². The lowest BCUT2D eigenvalue weighted by molar-refractivity contribution is -0.135. The van der Waals surface area contributed by atoms with Crippen LogP contribution in [-0.4, -0.2) is 49.6 Å². The highest BCUT2D eigenvalue weighted by Gasteiger charge is 2.25. The molecule has 6 heteroatoms. The predicted molar refractivity (Wildman–Crippen MR) is 117 cm³/mol. The summed E-state index contributed by atoms with van der Waals surface area (Å²) in [6.07, 6.45) is 2.03. The second kappa shape index (κ2) is 10.3. The quantitative estimate of drug-likeness (QED) is 0.723. The van der Waals surface area contributed by atoms with E-state index in [1.54, 1.807) is 12.0 Å². The Morgan fingerprint density at radius 1 is 1.17 bits per heavy atom. The number of para-hydroxylation sites is 1. The molecule has 1 aliphatic rings. The molecular formula is C24H30N2O4. The van der Waals surface area contributed by atoms with Crippen LogP contribution in [0.5, 0.6) is 5.75 Å². The van der Waals surface area contributed by atoms with Gasteiger partial charge in [0.25, 0.3) is 0 Å². The number of anilines is 1. The van der Waals surface area contributed by atoms with Crippen molar-refractivity contribution in [3.05, 3.63) is 59.2 Å². The smallest absolute Gasteiger partial charge is 0.244 e. The standard InChI is InChI=1S/C24H30N2O4/c1-17-8-6-11-21(18(17)2)25-23(27)16-26(15-20-10-7-13-30-20)24(28)14-19-9-4-5-12-22(19)29-3/h4-6,8-9,11-12,20H,7,10,13-16H2,1-3H3,(H,25,27). The third-order valence-electron chi connectivity index (χ3n) is 5.55. The van der Waals surface area contributed by atoms with Crippen molar-refractivity contribution in [1.82, 2.24) is 4.90 Å². The van der Waals surface area contributed by atoms with E-state index < -0.39 is 0 Å². The van der Waals surface area contributed by atoms with Gasteiger partial charge in [-0.3, -0.25) is 9.59 Å². The first-order chi connectivity index (χ1) is 14.5. The molecule has 0 aliphatic carbocycles. The number of ether oxygens (including phenoxy) is 2. The van der Waals surface area contributed by atoms with E-state index in [0.717, 1.165) is 35.2 Å². The van der Waals surface area contributed by atoms with Gasteiger partial charge in [0, 0.05) is 24.4 Å². The Morgan fingerprint density at radius 2 is 1.97 bits per heavy atom. The molecule has 1 aliphatic heterocycles. The van der Waals surface area contributed by atoms with Crippen LogP contribution in [0.3, 0.4) is 0 Å². The zero-order valence-corrected chi connectivity index (χ0v) is 17.9. The third kappa shape index (κ3) is 5.60. The van der Waals surface area contributed by atoms with Crippen LogP contribution in [0.15, 0.2) is 42.5 Å². The Labute approximate surface area is 178 Å². The minimum absolute atomic E-state index is 0.0127. The van der Waals surface area contributed by atoms with E-state index in [-0.39, 0.29) is 30.9 Å². The van der Waals surface area contributed by atoms with Gasteiger partial charge in [-0.25, -0.2) is 0 Å². The molecule has 2 amide bonds. The van der Waals surface area contributed by atoms with E-state index in [1.807, 2.05) is 56.3 Å². The van der Waals surface area contributed by atoms with Gasteiger partial charge in [0.1, 0.15) is 5.75 Å². The summed E-state index contributed by atoms with van der Waals surface area (Å²) in [6.45, 7) is 5.08. The summed E-state index contributed by atoms with van der Waals surface area (Å²) in [6, 6.07) is 13.2. The summed E-state index contributed by atoms with van der Waals surface area (Å²) in [4.78, 5) is 27.5. The Balaban J connectivity index is 1.71. The van der Waals surface area contributed by atoms with Crippen LogP contribution in [0.1, 0.15) is 29.5 Å². The largest absolute Gasteiger partial charge is 0.496 e. The van der Waals surface area contributed by atoms with Gasteiger partial charge in [0.15, 0.2) is 0 Å². The number of hydrogen-bond acceptors (Lipinski definition) is 4. The number of methoxy groups -OCH3 is 1. The SMILES string of the molecule is COc1ccccc1CC(=O)N(CC(=O)Nc1cccc(C)c1C)CC1CCCO1. The zero-order chi connectivity index (χ0) is 21.5. The monoisotopic (exact) mass is 410 g/mol. The molecule has 160 valence electrons. The molecule has 1 saturated heterocycles. The summed E-state index contributed by atoms with van der Waals surface area (Å²) in [5.74, 6) is 0.337. The molecule has 0 bridgehead atoms. The fourth-order valence-corrected chi connectivity index (χ4v) is 3.66. The van der Waals surface area contributed by atoms with Crippen LogP contribution in [0.2, 0.25) is 0 Å². The number of nitrogens with zero attached hydrogens (tertiary/aromatic N) is 1. The maximum atomic E-state index is 13.1. The first-order valence-electron chi connectivity index (χ1n) is 10.3. The van der Waals surface area contributed by atoms with Crippen molar-refractivity contribution in [2.24, 2.45) is 0 Å². The van der Waals surface area contributed by atoms with E-state index in [1.165, 1.54) is 0 Å². The Morgan fingerprint density at radius 3 is 2.70 bits per heavy atom. The van der Waals surface area contributed by atoms with Crippen molar-refractivity contribution >= 4 is 17.5 Å². The summed E-state index contributed by atoms with van der Waals surface area (Å²) in [7, 11) is 1.59. The molecule has 2 aromatic rings. The summed E-state index contributed by atoms with van der Waals surface area (Å²) in [5.41, 5.74) is 3.71. The van der Waals surface area contributed by atoms with Crippen molar-refractivity contribution in [1.29, 1.82) is 0 Å². The minimum Gasteiger partial charge on any atom is -0.496 e. The van der Waals surface area contributed by atoms with Gasteiger partial charge in [-0.1, -0.05) is 30.3 Å². The van der Waals surface area contributed by atoms with Gasteiger partial charge in [-0.2, -0.15) is 0 Å². The maximum Gasteiger partial charge on any atom is 0.244 e. The molecule has 6 nitrogen and oxygen atoms in total. The van der Waals surface area contributed by atoms with E-state index in [0.29, 0.717) is 18.9 Å². The summed E-state index contributed by atoms with van der Waals surface area (Å²) < 4.78 is 11.1. The number of carbonyl (C=O) groups excluding carboxylic acids is 2. The lowest BCUT2D eigenvalue weighted by Gasteiger charge is -2.25. The van der Waals surface area contributed by atoms with Crippen LogP contribution in [-0.2, 0) is 20.7 Å². The van der Waals surface area contributed by atoms with Gasteiger partial charge in [-0.05, 0) is 49.9 Å². The fraction of sp³-hybridized carbons (Fsp3) is 0.417. The highest BCUT2D eigenvalue weighted by atomic mass is 16.5. The van der Waals surface area contributed by atoms with Crippen LogP contribution in [0, 0.1) is 13.8 Å². The molecule has 2 aromatic carbocycles. The van der Waals surface area contributed by atoms with Gasteiger partial charge >= 0.3 is 0 Å². The van der Waals surface area contributed by atoms with Gasteiger partial charge in [-0.15, -0.1) is 0 Å². The third-order valence-corrected chi connectivity index (χ3v) is 5.55. The molecule has 0 spiro atoms. The average molecular weight is 411 g/mol. The minimum atomic E-state index is -0.213. The molecule has 3 rings (SSSR count). The number of rotatable bonds is 8. The second-order valence-electron chi connectivity index (χ2n) is 7.69. The van der Waals surface area contributed by atoms with Crippen molar-refractivity contribution in [2.75, 3.05) is 32.1 Å². The molecular weight excluding hydrogens is 380 g/mol. The number of hydrogen-bond donors (Lipinski definition) is 1. The number of nitrogens with one attached hydrogen (secondary N) is 1. The van der Waals surface area contributed by atoms with E-state index in [4.69, 9.17) is 9.47 Å². The van der Waals surface area contributed by atoms with Crippen molar-refractivity contribution in [3.63, 3.8) is 0 Å². The average Bonchev–Trinajstić information content (AvgIpc) is 3.24. The predicted octanol–water partition coefficient (Wildman–Crippen LogP) is 3.50. The van der Waals surface area contributed by atoms with Crippen LogP contribution >= 0.6 is 0 Å². The number of amides is 2. The van der Waals surface area contributed by atoms with Gasteiger partial charge in [0.2, 0.25) is 11.8 Å². The van der Waals surface area contributed by atoms with Crippen molar-refractivity contribution in [3.8, 4) is 5.75 Å². The number of benzene rings is 2. The molecule has 1 unspecified atom stereocenters. The topological polar surface area (TPSA) is 67.9 Å². The molecule has 1 fully saturated rings. The second-order valence-corrected chi connectivity index (χ2v) is 7.69. The van der Waals surface area contributed by atoms with Gasteiger partial charge in [0.05, 0.1) is 26.2 Å². The molecule has 1 heterocycles. The highest BCUT2D eigenvalue weighted by molar-refractivity contribution is 5.95. The number of aryl methyl sites for hydroxylation is 1. The fourth-order valence-electron chi connectivity index (χ4n) is 3.66. The molecule has 1 atom stereocenters. The maximum absolute atomic E-state index is 13.1. The first kappa shape index (κ1) is 21.8. The first-order valence-corrected chi connectivity index (χ1v) is 10.3.